The van der Waals surface area contributed by atoms with Crippen LogP contribution in [0.15, 0.2) is 30.3 Å². The Morgan fingerprint density at radius 1 is 1.25 bits per heavy atom. The molecular formula is C17H22N4O3. The highest BCUT2D eigenvalue weighted by Crippen LogP contribution is 2.24. The highest BCUT2D eigenvalue weighted by atomic mass is 16.3. The third-order valence-corrected chi connectivity index (χ3v) is 4.70. The molecule has 24 heavy (non-hydrogen) atoms. The van der Waals surface area contributed by atoms with Crippen LogP contribution in [0.1, 0.15) is 35.4 Å². The van der Waals surface area contributed by atoms with Crippen molar-refractivity contribution in [1.82, 2.24) is 19.9 Å². The molecule has 2 N–H and O–H groups in total. The average molecular weight is 330 g/mol. The van der Waals surface area contributed by atoms with Crippen molar-refractivity contribution in [3.8, 4) is 5.69 Å². The molecule has 0 saturated heterocycles. The summed E-state index contributed by atoms with van der Waals surface area (Å²) in [6, 6.07) is 9.06. The molecule has 2 aromatic rings. The van der Waals surface area contributed by atoms with Gasteiger partial charge in [-0.1, -0.05) is 23.4 Å². The highest BCUT2D eigenvalue weighted by molar-refractivity contribution is 5.93. The topological polar surface area (TPSA) is 91.5 Å². The number of likely N-dealkylation sites (N-methyl/N-ethyl adjacent to an activating group) is 1. The number of hydrogen-bond acceptors (Lipinski definition) is 5. The Hall–Kier alpha value is -2.25. The van der Waals surface area contributed by atoms with Crippen molar-refractivity contribution in [2.45, 2.75) is 44.4 Å². The SMILES string of the molecule is Cc1c(C(=O)N(C)[C@@H]2CCC[C@@H](O)[C@@H]2O)nnn1-c1ccccc1. The fourth-order valence-corrected chi connectivity index (χ4v) is 3.22. The van der Waals surface area contributed by atoms with Crippen LogP contribution < -0.4 is 0 Å². The zero-order valence-corrected chi connectivity index (χ0v) is 13.8. The summed E-state index contributed by atoms with van der Waals surface area (Å²) < 4.78 is 1.62. The maximum atomic E-state index is 12.8. The van der Waals surface area contributed by atoms with Gasteiger partial charge in [0.05, 0.1) is 23.5 Å². The van der Waals surface area contributed by atoms with E-state index < -0.39 is 18.2 Å². The molecule has 0 spiro atoms. The quantitative estimate of drug-likeness (QED) is 0.873. The molecule has 1 aliphatic carbocycles. The molecule has 1 fully saturated rings. The van der Waals surface area contributed by atoms with Gasteiger partial charge in [0, 0.05) is 7.05 Å². The van der Waals surface area contributed by atoms with Crippen LogP contribution in [0.3, 0.4) is 0 Å². The lowest BCUT2D eigenvalue weighted by atomic mass is 9.89. The van der Waals surface area contributed by atoms with Gasteiger partial charge in [-0.25, -0.2) is 4.68 Å². The van der Waals surface area contributed by atoms with Crippen molar-refractivity contribution in [3.05, 3.63) is 41.7 Å². The summed E-state index contributed by atoms with van der Waals surface area (Å²) in [5, 5.41) is 28.1. The number of aromatic nitrogens is 3. The molecule has 1 aliphatic rings. The number of benzene rings is 1. The Kier molecular flexibility index (Phi) is 4.64. The number of para-hydroxylation sites is 1. The largest absolute Gasteiger partial charge is 0.390 e. The second-order valence-corrected chi connectivity index (χ2v) is 6.24. The number of rotatable bonds is 3. The lowest BCUT2D eigenvalue weighted by Crippen LogP contribution is -2.51. The van der Waals surface area contributed by atoms with Crippen LogP contribution in [0.5, 0.6) is 0 Å². The zero-order valence-electron chi connectivity index (χ0n) is 13.8. The molecule has 1 aromatic carbocycles. The van der Waals surface area contributed by atoms with Crippen LogP contribution in [0, 0.1) is 6.92 Å². The minimum absolute atomic E-state index is 0.258. The van der Waals surface area contributed by atoms with E-state index in [0.29, 0.717) is 18.5 Å². The molecule has 7 heteroatoms. The first kappa shape index (κ1) is 16.6. The summed E-state index contributed by atoms with van der Waals surface area (Å²) in [6.07, 6.45) is 0.267. The van der Waals surface area contributed by atoms with Crippen LogP contribution in [0.4, 0.5) is 0 Å². The first-order valence-corrected chi connectivity index (χ1v) is 8.11. The van der Waals surface area contributed by atoms with Gasteiger partial charge in [-0.2, -0.15) is 0 Å². The van der Waals surface area contributed by atoms with Crippen molar-refractivity contribution >= 4 is 5.91 Å². The Morgan fingerprint density at radius 3 is 2.67 bits per heavy atom. The van der Waals surface area contributed by atoms with Gasteiger partial charge in [-0.3, -0.25) is 4.79 Å². The molecule has 128 valence electrons. The average Bonchev–Trinajstić information content (AvgIpc) is 2.98. The molecule has 1 amide bonds. The van der Waals surface area contributed by atoms with E-state index in [-0.39, 0.29) is 11.6 Å². The Morgan fingerprint density at radius 2 is 1.96 bits per heavy atom. The normalized spacial score (nSPS) is 23.9. The van der Waals surface area contributed by atoms with Crippen LogP contribution in [0.2, 0.25) is 0 Å². The monoisotopic (exact) mass is 330 g/mol. The standard InChI is InChI=1S/C17H22N4O3/c1-11-15(18-19-21(11)12-7-4-3-5-8-12)17(24)20(2)13-9-6-10-14(22)16(13)23/h3-5,7-8,13-14,16,22-23H,6,9-10H2,1-2H3/t13-,14-,16-/m1/s1. The Labute approximate surface area is 140 Å². The van der Waals surface area contributed by atoms with Crippen LogP contribution in [-0.4, -0.2) is 61.3 Å². The highest BCUT2D eigenvalue weighted by Gasteiger charge is 2.36. The van der Waals surface area contributed by atoms with Crippen molar-refractivity contribution in [3.63, 3.8) is 0 Å². The number of aliphatic hydroxyl groups excluding tert-OH is 2. The summed E-state index contributed by atoms with van der Waals surface area (Å²) in [5.74, 6) is -0.298. The molecule has 1 aromatic heterocycles. The van der Waals surface area contributed by atoms with Crippen molar-refractivity contribution in [2.75, 3.05) is 7.05 Å². The smallest absolute Gasteiger partial charge is 0.276 e. The third-order valence-electron chi connectivity index (χ3n) is 4.70. The minimum atomic E-state index is -0.933. The van der Waals surface area contributed by atoms with Gasteiger partial charge < -0.3 is 15.1 Å². The van der Waals surface area contributed by atoms with Crippen molar-refractivity contribution < 1.29 is 15.0 Å². The second-order valence-electron chi connectivity index (χ2n) is 6.24. The summed E-state index contributed by atoms with van der Waals surface area (Å²) in [6.45, 7) is 1.79. The van der Waals surface area contributed by atoms with E-state index in [1.165, 1.54) is 4.90 Å². The van der Waals surface area contributed by atoms with E-state index in [0.717, 1.165) is 12.1 Å². The minimum Gasteiger partial charge on any atom is -0.390 e. The number of nitrogens with zero attached hydrogens (tertiary/aromatic N) is 4. The lowest BCUT2D eigenvalue weighted by Gasteiger charge is -2.37. The molecule has 7 nitrogen and oxygen atoms in total. The predicted octanol–water partition coefficient (Wildman–Crippen LogP) is 0.922. The van der Waals surface area contributed by atoms with E-state index >= 15 is 0 Å². The van der Waals surface area contributed by atoms with Gasteiger partial charge in [0.15, 0.2) is 5.69 Å². The summed E-state index contributed by atoms with van der Waals surface area (Å²) in [5.41, 5.74) is 1.73. The fraction of sp³-hybridized carbons (Fsp3) is 0.471. The van der Waals surface area contributed by atoms with Gasteiger partial charge in [0.1, 0.15) is 6.10 Å². The fourth-order valence-electron chi connectivity index (χ4n) is 3.22. The van der Waals surface area contributed by atoms with Gasteiger partial charge in [-0.05, 0) is 38.3 Å². The molecule has 3 atom stereocenters. The van der Waals surface area contributed by atoms with Crippen LogP contribution >= 0.6 is 0 Å². The number of aliphatic hydroxyl groups is 2. The van der Waals surface area contributed by atoms with E-state index in [9.17, 15) is 15.0 Å². The number of hydrogen-bond donors (Lipinski definition) is 2. The molecular weight excluding hydrogens is 308 g/mol. The van der Waals surface area contributed by atoms with Crippen molar-refractivity contribution in [1.29, 1.82) is 0 Å². The van der Waals surface area contributed by atoms with E-state index in [2.05, 4.69) is 10.3 Å². The van der Waals surface area contributed by atoms with Crippen molar-refractivity contribution in [2.24, 2.45) is 0 Å². The van der Waals surface area contributed by atoms with Crippen LogP contribution in [0.25, 0.3) is 5.69 Å². The molecule has 3 rings (SSSR count). The maximum Gasteiger partial charge on any atom is 0.276 e. The summed E-state index contributed by atoms with van der Waals surface area (Å²) in [7, 11) is 1.63. The number of carbonyl (C=O) groups excluding carboxylic acids is 1. The zero-order chi connectivity index (χ0) is 17.3. The predicted molar refractivity (Wildman–Crippen MR) is 87.8 cm³/mol. The molecule has 0 aliphatic heterocycles. The molecule has 1 heterocycles. The van der Waals surface area contributed by atoms with Gasteiger partial charge in [-0.15, -0.1) is 5.10 Å². The van der Waals surface area contributed by atoms with E-state index in [4.69, 9.17) is 0 Å². The van der Waals surface area contributed by atoms with E-state index in [1.54, 1.807) is 18.7 Å². The maximum absolute atomic E-state index is 12.8. The van der Waals surface area contributed by atoms with Gasteiger partial charge in [0.2, 0.25) is 0 Å². The molecule has 0 bridgehead atoms. The summed E-state index contributed by atoms with van der Waals surface area (Å²) in [4.78, 5) is 14.3. The number of amides is 1. The third kappa shape index (κ3) is 2.92. The molecule has 0 unspecified atom stereocenters. The first-order chi connectivity index (χ1) is 11.5. The van der Waals surface area contributed by atoms with E-state index in [1.807, 2.05) is 30.3 Å². The molecule has 1 saturated carbocycles. The lowest BCUT2D eigenvalue weighted by molar-refractivity contribution is -0.0527. The van der Waals surface area contributed by atoms with Gasteiger partial charge >= 0.3 is 0 Å². The number of carbonyl (C=O) groups is 1. The summed E-state index contributed by atoms with van der Waals surface area (Å²) >= 11 is 0. The van der Waals surface area contributed by atoms with Crippen LogP contribution in [-0.2, 0) is 0 Å². The first-order valence-electron chi connectivity index (χ1n) is 8.11. The Bertz CT molecular complexity index is 716. The molecule has 0 radical (unpaired) electrons. The van der Waals surface area contributed by atoms with Gasteiger partial charge in [0.25, 0.3) is 5.91 Å². The second kappa shape index (κ2) is 6.70. The Balaban J connectivity index is 1.84.